The Morgan fingerprint density at radius 2 is 1.08 bits per heavy atom. The number of aryl methyl sites for hydroxylation is 4. The number of aliphatic hydroxyl groups excluding tert-OH is 1. The molecule has 6 fully saturated rings. The van der Waals surface area contributed by atoms with E-state index in [1.165, 1.54) is 35.3 Å². The van der Waals surface area contributed by atoms with E-state index in [4.69, 9.17) is 53.5 Å². The number of ether oxygens (including phenoxy) is 8. The Morgan fingerprint density at radius 1 is 0.640 bits per heavy atom. The molecule has 590 valence electrons. The molecule has 15 atom stereocenters. The van der Waals surface area contributed by atoms with Gasteiger partial charge in [0.25, 0.3) is 31.5 Å². The van der Waals surface area contributed by atoms with Gasteiger partial charge >= 0.3 is 22.8 Å². The monoisotopic (exact) mass is 1550 g/mol. The third-order valence-electron chi connectivity index (χ3n) is 20.2. The van der Waals surface area contributed by atoms with Gasteiger partial charge in [-0.15, -0.1) is 10.2 Å². The molecule has 0 radical (unpaired) electrons. The molecule has 6 saturated heterocycles. The van der Waals surface area contributed by atoms with Gasteiger partial charge in [-0.2, -0.15) is 9.97 Å². The highest BCUT2D eigenvalue weighted by Crippen LogP contribution is 2.56. The summed E-state index contributed by atoms with van der Waals surface area (Å²) in [5.74, 6) is -0.375. The highest BCUT2D eigenvalue weighted by molar-refractivity contribution is 7.44. The number of nitrogens with one attached hydrogen (secondary N) is 4. The first-order valence-corrected chi connectivity index (χ1v) is 37.8. The number of aliphatic hydroxyl groups is 1. The van der Waals surface area contributed by atoms with Crippen LogP contribution in [0.15, 0.2) is 127 Å². The minimum Gasteiger partial charge on any atom is -0.387 e. The smallest absolute Gasteiger partial charge is 0.351 e. The Balaban J connectivity index is 0.000000200. The van der Waals surface area contributed by atoms with Crippen LogP contribution < -0.4 is 44.5 Å². The number of fused-ring (bicyclic) bond motifs is 4. The number of amides is 2. The number of benzene rings is 2. The third kappa shape index (κ3) is 16.9. The maximum atomic E-state index is 13.2. The maximum Gasteiger partial charge on any atom is 0.351 e. The average Bonchev–Trinajstić information content (AvgIpc) is 1.57. The summed E-state index contributed by atoms with van der Waals surface area (Å²) in [5, 5.41) is 33.7. The molecule has 6 aliphatic rings. The number of hydrogen-bond acceptors (Lipinski definition) is 26. The molecule has 5 unspecified atom stereocenters. The highest BCUT2D eigenvalue weighted by Gasteiger charge is 2.65. The number of aromatic nitrogens is 14. The van der Waals surface area contributed by atoms with Crippen molar-refractivity contribution < 1.29 is 61.6 Å². The predicted molar refractivity (Wildman–Crippen MR) is 395 cm³/mol. The van der Waals surface area contributed by atoms with E-state index in [1.54, 1.807) is 106 Å². The third-order valence-corrected chi connectivity index (χ3v) is 22.3. The Kier molecular flexibility index (Phi) is 24.0. The second-order valence-electron chi connectivity index (χ2n) is 28.8. The van der Waals surface area contributed by atoms with E-state index in [1.807, 2.05) is 53.7 Å². The molecule has 111 heavy (non-hydrogen) atoms. The van der Waals surface area contributed by atoms with Crippen molar-refractivity contribution in [3.63, 3.8) is 0 Å². The molecule has 4 bridgehead atoms. The van der Waals surface area contributed by atoms with Gasteiger partial charge in [-0.05, 0) is 92.5 Å². The first kappa shape index (κ1) is 79.3. The molecular weight excluding hydrogens is 1460 g/mol. The van der Waals surface area contributed by atoms with Gasteiger partial charge in [0.15, 0.2) is 12.5 Å². The molecule has 12 heterocycles. The summed E-state index contributed by atoms with van der Waals surface area (Å²) in [6.45, 7) is 27.0. The van der Waals surface area contributed by atoms with Crippen LogP contribution in [0.4, 0.5) is 11.6 Å². The first-order valence-electron chi connectivity index (χ1n) is 36.6. The lowest BCUT2D eigenvalue weighted by Gasteiger charge is -2.38. The van der Waals surface area contributed by atoms with Crippen LogP contribution in [0.25, 0.3) is 4.85 Å². The zero-order chi connectivity index (χ0) is 78.7. The zero-order valence-corrected chi connectivity index (χ0v) is 63.7. The molecule has 2 aromatic carbocycles. The normalized spacial score (nSPS) is 26.1. The van der Waals surface area contributed by atoms with E-state index >= 15 is 0 Å². The number of H-pyrrole nitrogens is 2. The quantitative estimate of drug-likeness (QED) is 0.0257. The van der Waals surface area contributed by atoms with Gasteiger partial charge in [0, 0.05) is 83.1 Å². The van der Waals surface area contributed by atoms with Crippen LogP contribution in [-0.4, -0.2) is 188 Å². The van der Waals surface area contributed by atoms with Crippen LogP contribution >= 0.6 is 8.53 Å². The van der Waals surface area contributed by atoms with Crippen molar-refractivity contribution in [2.75, 3.05) is 37.0 Å². The van der Waals surface area contributed by atoms with Crippen LogP contribution in [0.1, 0.15) is 146 Å². The number of carbonyl (C=O) groups excluding carboxylic acids is 2. The molecule has 0 spiro atoms. The Labute approximate surface area is 635 Å². The minimum atomic E-state index is -1.74. The van der Waals surface area contributed by atoms with Crippen molar-refractivity contribution in [1.82, 2.24) is 72.9 Å². The molecule has 14 rings (SSSR count). The highest BCUT2D eigenvalue weighted by atomic mass is 31.2. The van der Waals surface area contributed by atoms with Crippen LogP contribution in [0, 0.1) is 34.3 Å². The molecule has 6 aromatic heterocycles. The molecule has 8 aromatic rings. The number of carbonyl (C=O) groups is 2. The SMILES string of the molecule is CC[C@H]1O[C@@H](n2cc(C)c(NC(=O)c3ccccc3)nc2=O)CC1OCc1cn(C[C@]23CO[C@@H](C2O)[C@H](n2cc(C)c(=O)[nH]c2=O)O3)nn1.[C-]#[N+]CCOP(OC1[C@@H]2OC[C@]1(Cn1cc(COC3C[C@H](n4cc(C)c(NC(=O)c5ccccc5)nc4=O)O[C@@H]3CC)nn1)O[C@H]2n1cc(C)c(=O)[nH]c1=O)N(C(C)C)C(C)C. The lowest BCUT2D eigenvalue weighted by molar-refractivity contribution is -0.180. The summed E-state index contributed by atoms with van der Waals surface area (Å²) < 4.78 is 73.9. The van der Waals surface area contributed by atoms with Crippen LogP contribution in [0.2, 0.25) is 0 Å². The summed E-state index contributed by atoms with van der Waals surface area (Å²) >= 11 is 0. The summed E-state index contributed by atoms with van der Waals surface area (Å²) in [6.07, 6.45) is 3.61. The van der Waals surface area contributed by atoms with Gasteiger partial charge in [0.05, 0.1) is 76.3 Å². The Bertz CT molecular complexity index is 5090. The van der Waals surface area contributed by atoms with E-state index in [2.05, 4.69) is 60.7 Å². The number of anilines is 2. The summed E-state index contributed by atoms with van der Waals surface area (Å²) in [6, 6.07) is 17.4. The molecule has 38 heteroatoms. The molecule has 0 aliphatic carbocycles. The predicted octanol–water partition coefficient (Wildman–Crippen LogP) is 4.43. The van der Waals surface area contributed by atoms with Gasteiger partial charge in [0.2, 0.25) is 6.54 Å². The zero-order valence-electron chi connectivity index (χ0n) is 62.8. The van der Waals surface area contributed by atoms with Crippen molar-refractivity contribution in [2.24, 2.45) is 0 Å². The van der Waals surface area contributed by atoms with Crippen LogP contribution in [-0.2, 0) is 73.2 Å². The van der Waals surface area contributed by atoms with E-state index < -0.39 is 103 Å². The summed E-state index contributed by atoms with van der Waals surface area (Å²) in [5.41, 5.74) is -2.01. The van der Waals surface area contributed by atoms with E-state index in [9.17, 15) is 43.5 Å². The van der Waals surface area contributed by atoms with E-state index in [0.29, 0.717) is 70.5 Å². The van der Waals surface area contributed by atoms with Crippen LogP contribution in [0.5, 0.6) is 0 Å². The standard InChI is InChI=1S/C41H53N10O10P.C32H36N8O9/c1-9-30-31(17-32(59-30)49-18-26(6)35(44-39(49)54)43-37(53)28-13-11-10-12-14-28)56-21-29-20-48(47-46-29)22-41-23-57-33(38(60-41)50-19-27(7)36(52)45-40(50)55)34(41)61-62(58-16-15-42-8)51(24(2)3)25(4)5;1-4-21-22(10-23(48-21)39-11-17(2)26(34-30(39)44)33-28(43)19-8-6-5-7-9-19)46-14-20-13-38(37-36-20)15-32-16-47-24(25(32)41)29(49-32)40-12-18(3)27(42)35-31(40)45/h10-14,18-20,24-25,30-34,38H,9,15-17,21-23H2,1-7H3,(H,45,52,55)(H,43,44,53,54);5-9,11-13,21-25,29,41H,4,10,14-16H2,1-3H3,(H,35,42,45)(H,33,34,43,44)/t30-,31?,32-,33+,34?,38-,41+,62?;21-,22?,23-,24+,25?,29-,32+/m11/s1. The van der Waals surface area contributed by atoms with E-state index in [0.717, 1.165) is 0 Å². The molecule has 2 amide bonds. The number of nitrogens with zero attached hydrogens (tertiary/aromatic N) is 14. The molecule has 5 N–H and O–H groups in total. The maximum absolute atomic E-state index is 13.2. The van der Waals surface area contributed by atoms with E-state index in [-0.39, 0.29) is 113 Å². The lowest BCUT2D eigenvalue weighted by atomic mass is 9.99. The van der Waals surface area contributed by atoms with Crippen molar-refractivity contribution in [2.45, 2.75) is 218 Å². The second-order valence-corrected chi connectivity index (χ2v) is 30.2. The molecular formula is C73H89N18O19P. The summed E-state index contributed by atoms with van der Waals surface area (Å²) in [4.78, 5) is 118. The Morgan fingerprint density at radius 3 is 1.55 bits per heavy atom. The average molecular weight is 1550 g/mol. The second kappa shape index (κ2) is 33.7. The molecule has 6 aliphatic heterocycles. The van der Waals surface area contributed by atoms with Gasteiger partial charge in [-0.25, -0.2) is 39.8 Å². The topological polar surface area (TPSA) is 419 Å². The lowest BCUT2D eigenvalue weighted by Crippen LogP contribution is -2.46. The first-order chi connectivity index (χ1) is 53.3. The van der Waals surface area contributed by atoms with Gasteiger partial charge in [-0.1, -0.05) is 60.7 Å². The fourth-order valence-corrected chi connectivity index (χ4v) is 16.4. The fourth-order valence-electron chi connectivity index (χ4n) is 14.6. The molecule has 0 saturated carbocycles. The Hall–Kier alpha value is -9.78. The number of hydrogen-bond donors (Lipinski definition) is 5. The number of rotatable bonds is 28. The molecule has 37 nitrogen and oxygen atoms in total. The van der Waals surface area contributed by atoms with Crippen molar-refractivity contribution in [1.29, 1.82) is 0 Å². The van der Waals surface area contributed by atoms with Gasteiger partial charge in [0.1, 0.15) is 77.7 Å². The van der Waals surface area contributed by atoms with Crippen LogP contribution in [0.3, 0.4) is 0 Å². The van der Waals surface area contributed by atoms with Gasteiger partial charge in [-0.3, -0.25) is 47.4 Å². The van der Waals surface area contributed by atoms with Gasteiger partial charge < -0.3 is 67.5 Å². The fraction of sp³-hybridized carbons (Fsp3) is 0.521. The largest absolute Gasteiger partial charge is 0.387 e. The van der Waals surface area contributed by atoms with Crippen molar-refractivity contribution in [3.05, 3.63) is 217 Å². The van der Waals surface area contributed by atoms with Crippen molar-refractivity contribution >= 4 is 32.0 Å². The minimum absolute atomic E-state index is 0.0265. The summed E-state index contributed by atoms with van der Waals surface area (Å²) in [7, 11) is -1.74. The number of aromatic amines is 2. The van der Waals surface area contributed by atoms with Crippen molar-refractivity contribution in [3.8, 4) is 0 Å².